The molecule has 8 heteroatoms. The molecule has 30 heavy (non-hydrogen) atoms. The van der Waals surface area contributed by atoms with Crippen molar-refractivity contribution >= 4 is 17.6 Å². The summed E-state index contributed by atoms with van der Waals surface area (Å²) in [5.74, 6) is 1.42. The Kier molecular flexibility index (Phi) is 7.03. The molecular weight excluding hydrogens is 405 g/mol. The number of methoxy groups -OCH3 is 3. The van der Waals surface area contributed by atoms with Crippen LogP contribution < -0.4 is 19.0 Å². The van der Waals surface area contributed by atoms with E-state index in [2.05, 4.69) is 16.7 Å². The van der Waals surface area contributed by atoms with Gasteiger partial charge < -0.3 is 14.2 Å². The first-order valence-electron chi connectivity index (χ1n) is 9.03. The third-order valence-corrected chi connectivity index (χ3v) is 5.09. The van der Waals surface area contributed by atoms with Crippen LogP contribution in [0.1, 0.15) is 5.56 Å². The molecule has 156 valence electrons. The van der Waals surface area contributed by atoms with Crippen LogP contribution in [0.25, 0.3) is 11.3 Å². The van der Waals surface area contributed by atoms with E-state index in [1.165, 1.54) is 23.5 Å². The van der Waals surface area contributed by atoms with Crippen molar-refractivity contribution in [1.82, 2.24) is 4.68 Å². The quantitative estimate of drug-likeness (QED) is 0.397. The van der Waals surface area contributed by atoms with E-state index >= 15 is 0 Å². The van der Waals surface area contributed by atoms with Crippen molar-refractivity contribution in [1.29, 1.82) is 0 Å². The molecular formula is C22H22FN3O3S. The molecule has 1 aromatic heterocycles. The summed E-state index contributed by atoms with van der Waals surface area (Å²) in [5.41, 5.74) is 2.25. The van der Waals surface area contributed by atoms with Crippen molar-refractivity contribution in [2.45, 2.75) is 0 Å². The molecule has 0 amide bonds. The molecule has 0 saturated heterocycles. The van der Waals surface area contributed by atoms with Gasteiger partial charge in [-0.25, -0.2) is 9.07 Å². The summed E-state index contributed by atoms with van der Waals surface area (Å²) >= 11 is 1.43. The minimum Gasteiger partial charge on any atom is -0.496 e. The summed E-state index contributed by atoms with van der Waals surface area (Å²) in [5, 5.41) is 6.57. The van der Waals surface area contributed by atoms with Gasteiger partial charge in [0.15, 0.2) is 0 Å². The molecule has 0 aliphatic heterocycles. The van der Waals surface area contributed by atoms with Crippen molar-refractivity contribution in [2.75, 3.05) is 27.9 Å². The first-order valence-corrected chi connectivity index (χ1v) is 9.91. The lowest BCUT2D eigenvalue weighted by atomic mass is 10.1. The maximum atomic E-state index is 13.4. The van der Waals surface area contributed by atoms with Crippen LogP contribution in [-0.4, -0.2) is 38.8 Å². The van der Waals surface area contributed by atoms with E-state index in [9.17, 15) is 4.39 Å². The third-order valence-electron chi connectivity index (χ3n) is 4.24. The fourth-order valence-electron chi connectivity index (χ4n) is 2.76. The minimum atomic E-state index is -0.298. The first-order chi connectivity index (χ1) is 14.6. The number of thiazole rings is 1. The van der Waals surface area contributed by atoms with Crippen LogP contribution in [0.4, 0.5) is 4.39 Å². The van der Waals surface area contributed by atoms with Crippen molar-refractivity contribution < 1.29 is 18.6 Å². The standard InChI is InChI=1S/C22H22FN3O3S/c1-5-10-24-22-26(19(14-30-22)15-6-8-16(23)9-7-15)25-13-18-20(28-3)11-17(27-2)12-21(18)29-4/h5-9,11-14H,1,10H2,2-4H3. The van der Waals surface area contributed by atoms with Gasteiger partial charge in [-0.15, -0.1) is 17.9 Å². The van der Waals surface area contributed by atoms with Crippen molar-refractivity contribution in [3.8, 4) is 28.5 Å². The second-order valence-corrected chi connectivity index (χ2v) is 6.88. The average Bonchev–Trinajstić information content (AvgIpc) is 3.18. The van der Waals surface area contributed by atoms with E-state index in [1.54, 1.807) is 62.6 Å². The van der Waals surface area contributed by atoms with Gasteiger partial charge >= 0.3 is 0 Å². The number of nitrogens with zero attached hydrogens (tertiary/aromatic N) is 3. The Bertz CT molecular complexity index is 1090. The van der Waals surface area contributed by atoms with Gasteiger partial charge in [0.05, 0.1) is 45.3 Å². The highest BCUT2D eigenvalue weighted by atomic mass is 32.1. The third kappa shape index (κ3) is 4.60. The molecule has 0 unspecified atom stereocenters. The summed E-state index contributed by atoms with van der Waals surface area (Å²) < 4.78 is 31.3. The Morgan fingerprint density at radius 3 is 2.30 bits per heavy atom. The molecule has 0 atom stereocenters. The maximum Gasteiger partial charge on any atom is 0.206 e. The highest BCUT2D eigenvalue weighted by Crippen LogP contribution is 2.32. The molecule has 1 heterocycles. The normalized spacial score (nSPS) is 11.7. The van der Waals surface area contributed by atoms with Gasteiger partial charge in [-0.1, -0.05) is 6.08 Å². The zero-order chi connectivity index (χ0) is 21.5. The maximum absolute atomic E-state index is 13.4. The zero-order valence-corrected chi connectivity index (χ0v) is 17.8. The number of ether oxygens (including phenoxy) is 3. The number of benzene rings is 2. The number of rotatable bonds is 8. The topological polar surface area (TPSA) is 57.3 Å². The summed E-state index contributed by atoms with van der Waals surface area (Å²) in [7, 11) is 4.71. The fourth-order valence-corrected chi connectivity index (χ4v) is 3.60. The average molecular weight is 428 g/mol. The summed E-state index contributed by atoms with van der Waals surface area (Å²) in [4.78, 5) is 5.18. The van der Waals surface area contributed by atoms with E-state index < -0.39 is 0 Å². The lowest BCUT2D eigenvalue weighted by Gasteiger charge is -2.12. The lowest BCUT2D eigenvalue weighted by molar-refractivity contribution is 0.374. The van der Waals surface area contributed by atoms with E-state index in [4.69, 9.17) is 14.2 Å². The van der Waals surface area contributed by atoms with Gasteiger partial charge in [-0.05, 0) is 24.3 Å². The van der Waals surface area contributed by atoms with Gasteiger partial charge in [0, 0.05) is 23.1 Å². The van der Waals surface area contributed by atoms with Crippen molar-refractivity contribution in [2.24, 2.45) is 10.1 Å². The molecule has 6 nitrogen and oxygen atoms in total. The molecule has 0 N–H and O–H groups in total. The molecule has 0 fully saturated rings. The lowest BCUT2D eigenvalue weighted by Crippen LogP contribution is -2.12. The van der Waals surface area contributed by atoms with E-state index in [0.29, 0.717) is 34.2 Å². The van der Waals surface area contributed by atoms with Gasteiger partial charge in [-0.2, -0.15) is 5.10 Å². The van der Waals surface area contributed by atoms with Gasteiger partial charge in [0.25, 0.3) is 0 Å². The van der Waals surface area contributed by atoms with Crippen LogP contribution in [0.3, 0.4) is 0 Å². The molecule has 3 rings (SSSR count). The fraction of sp³-hybridized carbons (Fsp3) is 0.182. The molecule has 0 bridgehead atoms. The Balaban J connectivity index is 2.14. The minimum absolute atomic E-state index is 0.298. The number of halogens is 1. The smallest absolute Gasteiger partial charge is 0.206 e. The largest absolute Gasteiger partial charge is 0.496 e. The molecule has 0 saturated carbocycles. The van der Waals surface area contributed by atoms with Crippen LogP contribution in [-0.2, 0) is 0 Å². The Morgan fingerprint density at radius 1 is 1.07 bits per heavy atom. The van der Waals surface area contributed by atoms with Crippen LogP contribution >= 0.6 is 11.3 Å². The molecule has 3 aromatic rings. The van der Waals surface area contributed by atoms with Gasteiger partial charge in [0.1, 0.15) is 23.1 Å². The van der Waals surface area contributed by atoms with Crippen LogP contribution in [0.15, 0.2) is 64.5 Å². The summed E-state index contributed by atoms with van der Waals surface area (Å²) in [6.07, 6.45) is 3.35. The first kappa shape index (κ1) is 21.3. The summed E-state index contributed by atoms with van der Waals surface area (Å²) in [6, 6.07) is 9.75. The second kappa shape index (κ2) is 9.89. The monoisotopic (exact) mass is 427 g/mol. The Morgan fingerprint density at radius 2 is 1.73 bits per heavy atom. The predicted molar refractivity (Wildman–Crippen MR) is 117 cm³/mol. The molecule has 0 aliphatic rings. The second-order valence-electron chi connectivity index (χ2n) is 6.04. The number of aromatic nitrogens is 1. The van der Waals surface area contributed by atoms with E-state index in [0.717, 1.165) is 11.3 Å². The van der Waals surface area contributed by atoms with Crippen LogP contribution in [0.2, 0.25) is 0 Å². The Labute approximate surface area is 178 Å². The van der Waals surface area contributed by atoms with Crippen molar-refractivity contribution in [3.05, 3.63) is 70.6 Å². The number of hydrogen-bond acceptors (Lipinski definition) is 6. The van der Waals surface area contributed by atoms with E-state index in [-0.39, 0.29) is 5.82 Å². The van der Waals surface area contributed by atoms with Crippen LogP contribution in [0.5, 0.6) is 17.2 Å². The summed E-state index contributed by atoms with van der Waals surface area (Å²) in [6.45, 7) is 4.16. The van der Waals surface area contributed by atoms with Crippen molar-refractivity contribution in [3.63, 3.8) is 0 Å². The highest BCUT2D eigenvalue weighted by molar-refractivity contribution is 7.07. The molecule has 0 aliphatic carbocycles. The number of hydrogen-bond donors (Lipinski definition) is 0. The molecule has 2 aromatic carbocycles. The Hall–Kier alpha value is -3.39. The van der Waals surface area contributed by atoms with Gasteiger partial charge in [-0.3, -0.25) is 4.99 Å². The SMILES string of the molecule is C=CCN=c1scc(-c2ccc(F)cc2)n1N=Cc1c(OC)cc(OC)cc1OC. The highest BCUT2D eigenvalue weighted by Gasteiger charge is 2.13. The van der Waals surface area contributed by atoms with Crippen LogP contribution in [0, 0.1) is 5.82 Å². The molecule has 0 spiro atoms. The zero-order valence-electron chi connectivity index (χ0n) is 17.0. The predicted octanol–water partition coefficient (Wildman–Crippen LogP) is 4.35. The van der Waals surface area contributed by atoms with Gasteiger partial charge in [0.2, 0.25) is 4.80 Å². The van der Waals surface area contributed by atoms with E-state index in [1.807, 2.05) is 5.38 Å². The molecule has 0 radical (unpaired) electrons.